The van der Waals surface area contributed by atoms with Crippen molar-refractivity contribution in [1.82, 2.24) is 5.32 Å². The van der Waals surface area contributed by atoms with Crippen LogP contribution in [0.25, 0.3) is 6.08 Å². The topological polar surface area (TPSA) is 78.8 Å². The van der Waals surface area contributed by atoms with Gasteiger partial charge in [0.2, 0.25) is 0 Å². The van der Waals surface area contributed by atoms with E-state index in [0.717, 1.165) is 5.56 Å². The van der Waals surface area contributed by atoms with Gasteiger partial charge in [0.15, 0.2) is 5.17 Å². The van der Waals surface area contributed by atoms with Crippen molar-refractivity contribution in [2.45, 2.75) is 0 Å². The number of carbonyl (C=O) groups is 2. The summed E-state index contributed by atoms with van der Waals surface area (Å²) >= 11 is 7.12. The smallest absolute Gasteiger partial charge is 0.335 e. The minimum atomic E-state index is -1.03. The van der Waals surface area contributed by atoms with E-state index in [2.05, 4.69) is 10.3 Å². The van der Waals surface area contributed by atoms with Crippen molar-refractivity contribution in [1.29, 1.82) is 0 Å². The number of amides is 1. The molecule has 1 aliphatic rings. The summed E-state index contributed by atoms with van der Waals surface area (Å²) in [6.07, 6.45) is 1.72. The van der Waals surface area contributed by atoms with Crippen molar-refractivity contribution in [3.63, 3.8) is 0 Å². The molecule has 5 nitrogen and oxygen atoms in total. The van der Waals surface area contributed by atoms with Crippen molar-refractivity contribution < 1.29 is 14.7 Å². The molecule has 2 aromatic rings. The molecule has 2 N–H and O–H groups in total. The van der Waals surface area contributed by atoms with Crippen LogP contribution < -0.4 is 5.32 Å². The van der Waals surface area contributed by atoms with Gasteiger partial charge in [-0.15, -0.1) is 0 Å². The number of thioether (sulfide) groups is 1. The first-order valence-electron chi connectivity index (χ1n) is 6.90. The Bertz CT molecular complexity index is 893. The number of carboxylic acid groups (broad SMARTS) is 1. The molecule has 0 saturated carbocycles. The van der Waals surface area contributed by atoms with E-state index in [9.17, 15) is 9.59 Å². The highest BCUT2D eigenvalue weighted by molar-refractivity contribution is 8.18. The van der Waals surface area contributed by atoms with E-state index >= 15 is 0 Å². The van der Waals surface area contributed by atoms with E-state index < -0.39 is 5.97 Å². The molecule has 1 heterocycles. The Hall–Kier alpha value is -2.57. The molecular weight excluding hydrogens is 348 g/mol. The highest BCUT2D eigenvalue weighted by Gasteiger charge is 2.23. The van der Waals surface area contributed by atoms with E-state index in [1.165, 1.54) is 23.9 Å². The van der Waals surface area contributed by atoms with Gasteiger partial charge in [-0.05, 0) is 53.7 Å². The van der Waals surface area contributed by atoms with Gasteiger partial charge in [0.25, 0.3) is 5.91 Å². The number of nitrogens with one attached hydrogen (secondary N) is 1. The summed E-state index contributed by atoms with van der Waals surface area (Å²) in [5, 5.41) is 12.6. The molecule has 0 bridgehead atoms. The third kappa shape index (κ3) is 3.84. The molecule has 0 aromatic heterocycles. The van der Waals surface area contributed by atoms with Crippen LogP contribution in [-0.2, 0) is 4.79 Å². The maximum atomic E-state index is 12.0. The molecule has 7 heteroatoms. The van der Waals surface area contributed by atoms with Gasteiger partial charge in [0, 0.05) is 5.02 Å². The van der Waals surface area contributed by atoms with Crippen LogP contribution in [0.3, 0.4) is 0 Å². The summed E-state index contributed by atoms with van der Waals surface area (Å²) in [4.78, 5) is 27.8. The number of halogens is 1. The highest BCUT2D eigenvalue weighted by Crippen LogP contribution is 2.28. The number of benzene rings is 2. The fourth-order valence-electron chi connectivity index (χ4n) is 2.05. The predicted octanol–water partition coefficient (Wildman–Crippen LogP) is 3.93. The third-order valence-electron chi connectivity index (χ3n) is 3.12. The SMILES string of the molecule is O=C1NC(=Nc2cccc(C(=O)O)c2)S/C1=C\c1cccc(Cl)c1. The number of carbonyl (C=O) groups excluding carboxylic acids is 1. The number of aliphatic imine (C=N–C) groups is 1. The summed E-state index contributed by atoms with van der Waals surface area (Å²) in [7, 11) is 0. The molecule has 2 aromatic carbocycles. The largest absolute Gasteiger partial charge is 0.478 e. The van der Waals surface area contributed by atoms with E-state index in [1.54, 1.807) is 36.4 Å². The van der Waals surface area contributed by atoms with Crippen molar-refractivity contribution in [2.75, 3.05) is 0 Å². The van der Waals surface area contributed by atoms with E-state index in [1.807, 2.05) is 6.07 Å². The summed E-state index contributed by atoms with van der Waals surface area (Å²) in [6, 6.07) is 13.4. The lowest BCUT2D eigenvalue weighted by Crippen LogP contribution is -2.19. The van der Waals surface area contributed by atoms with Crippen LogP contribution in [0, 0.1) is 0 Å². The first-order valence-corrected chi connectivity index (χ1v) is 8.09. The zero-order chi connectivity index (χ0) is 17.1. The molecule has 0 radical (unpaired) electrons. The Balaban J connectivity index is 1.84. The van der Waals surface area contributed by atoms with Gasteiger partial charge in [0.05, 0.1) is 16.2 Å². The van der Waals surface area contributed by atoms with Crippen molar-refractivity contribution in [3.05, 3.63) is 69.6 Å². The molecule has 24 heavy (non-hydrogen) atoms. The molecule has 0 aliphatic carbocycles. The standard InChI is InChI=1S/C17H11ClN2O3S/c18-12-5-1-3-10(7-12)8-14-15(21)20-17(24-14)19-13-6-2-4-11(9-13)16(22)23/h1-9H,(H,22,23)(H,19,20,21)/b14-8-. The van der Waals surface area contributed by atoms with Gasteiger partial charge in [0.1, 0.15) is 0 Å². The monoisotopic (exact) mass is 358 g/mol. The van der Waals surface area contributed by atoms with Gasteiger partial charge in [-0.2, -0.15) is 0 Å². The Kier molecular flexibility index (Phi) is 4.69. The molecular formula is C17H11ClN2O3S. The zero-order valence-corrected chi connectivity index (χ0v) is 13.8. The van der Waals surface area contributed by atoms with Crippen molar-refractivity contribution >= 4 is 52.2 Å². The second-order valence-corrected chi connectivity index (χ2v) is 6.36. The highest BCUT2D eigenvalue weighted by atomic mass is 35.5. The molecule has 0 atom stereocenters. The predicted molar refractivity (Wildman–Crippen MR) is 95.7 cm³/mol. The van der Waals surface area contributed by atoms with Gasteiger partial charge < -0.3 is 10.4 Å². The number of nitrogens with zero attached hydrogens (tertiary/aromatic N) is 1. The van der Waals surface area contributed by atoms with E-state index in [-0.39, 0.29) is 11.5 Å². The number of aromatic carboxylic acids is 1. The number of hydrogen-bond acceptors (Lipinski definition) is 4. The van der Waals surface area contributed by atoms with E-state index in [4.69, 9.17) is 16.7 Å². The number of carboxylic acids is 1. The zero-order valence-electron chi connectivity index (χ0n) is 12.2. The molecule has 120 valence electrons. The Morgan fingerprint density at radius 1 is 1.21 bits per heavy atom. The van der Waals surface area contributed by atoms with Crippen LogP contribution in [0.2, 0.25) is 5.02 Å². The number of amidine groups is 1. The Morgan fingerprint density at radius 2 is 2.00 bits per heavy atom. The van der Waals surface area contributed by atoms with Crippen LogP contribution in [0.5, 0.6) is 0 Å². The molecule has 0 unspecified atom stereocenters. The molecule has 1 saturated heterocycles. The molecule has 3 rings (SSSR count). The van der Waals surface area contributed by atoms with E-state index in [0.29, 0.717) is 20.8 Å². The first kappa shape index (κ1) is 16.3. The van der Waals surface area contributed by atoms with Crippen LogP contribution in [0.4, 0.5) is 5.69 Å². The fourth-order valence-corrected chi connectivity index (χ4v) is 3.09. The average molecular weight is 359 g/mol. The van der Waals surface area contributed by atoms with Crippen molar-refractivity contribution in [3.8, 4) is 0 Å². The molecule has 1 fully saturated rings. The Morgan fingerprint density at radius 3 is 2.75 bits per heavy atom. The maximum absolute atomic E-state index is 12.0. The van der Waals surface area contributed by atoms with Crippen LogP contribution in [0.15, 0.2) is 58.4 Å². The summed E-state index contributed by atoms with van der Waals surface area (Å²) in [5.41, 5.74) is 1.41. The third-order valence-corrected chi connectivity index (χ3v) is 4.27. The average Bonchev–Trinajstić information content (AvgIpc) is 2.87. The minimum Gasteiger partial charge on any atom is -0.478 e. The molecule has 1 aliphatic heterocycles. The second-order valence-electron chi connectivity index (χ2n) is 4.89. The maximum Gasteiger partial charge on any atom is 0.335 e. The van der Waals surface area contributed by atoms with Gasteiger partial charge in [-0.3, -0.25) is 4.79 Å². The summed E-state index contributed by atoms with van der Waals surface area (Å²) in [6.45, 7) is 0. The van der Waals surface area contributed by atoms with Gasteiger partial charge in [-0.1, -0.05) is 29.8 Å². The van der Waals surface area contributed by atoms with Crippen LogP contribution >= 0.6 is 23.4 Å². The lowest BCUT2D eigenvalue weighted by molar-refractivity contribution is -0.115. The quantitative estimate of drug-likeness (QED) is 0.815. The molecule has 1 amide bonds. The first-order chi connectivity index (χ1) is 11.5. The lowest BCUT2D eigenvalue weighted by Gasteiger charge is -1.98. The van der Waals surface area contributed by atoms with Gasteiger partial charge >= 0.3 is 5.97 Å². The molecule has 0 spiro atoms. The van der Waals surface area contributed by atoms with Gasteiger partial charge in [-0.25, -0.2) is 9.79 Å². The number of hydrogen-bond donors (Lipinski definition) is 2. The Labute approximate surface area is 147 Å². The minimum absolute atomic E-state index is 0.140. The lowest BCUT2D eigenvalue weighted by atomic mass is 10.2. The van der Waals surface area contributed by atoms with Crippen LogP contribution in [0.1, 0.15) is 15.9 Å². The fraction of sp³-hybridized carbons (Fsp3) is 0. The second kappa shape index (κ2) is 6.90. The summed E-state index contributed by atoms with van der Waals surface area (Å²) < 4.78 is 0. The number of rotatable bonds is 3. The normalized spacial score (nSPS) is 17.3. The van der Waals surface area contributed by atoms with Crippen LogP contribution in [-0.4, -0.2) is 22.2 Å². The van der Waals surface area contributed by atoms with Crippen molar-refractivity contribution in [2.24, 2.45) is 4.99 Å². The summed E-state index contributed by atoms with van der Waals surface area (Å²) in [5.74, 6) is -1.28.